The molecule has 0 aromatic heterocycles. The molecule has 154 valence electrons. The number of ether oxygens (including phenoxy) is 1. The number of carbonyl (C=O) groups excluding carboxylic acids is 1. The summed E-state index contributed by atoms with van der Waals surface area (Å²) < 4.78 is 33.4. The van der Waals surface area contributed by atoms with Crippen LogP contribution >= 0.6 is 0 Å². The number of rotatable bonds is 5. The molecule has 4 rings (SSSR count). The second-order valence-corrected chi connectivity index (χ2v) is 8.88. The van der Waals surface area contributed by atoms with Gasteiger partial charge in [0.1, 0.15) is 5.75 Å². The van der Waals surface area contributed by atoms with Gasteiger partial charge in [0.25, 0.3) is 15.9 Å². The highest BCUT2D eigenvalue weighted by atomic mass is 32.2. The van der Waals surface area contributed by atoms with E-state index in [1.807, 2.05) is 43.3 Å². The van der Waals surface area contributed by atoms with Crippen molar-refractivity contribution in [1.29, 1.82) is 0 Å². The minimum atomic E-state index is -3.73. The van der Waals surface area contributed by atoms with Crippen LogP contribution in [0.4, 0.5) is 5.69 Å². The predicted molar refractivity (Wildman–Crippen MR) is 115 cm³/mol. The lowest BCUT2D eigenvalue weighted by Gasteiger charge is -2.26. The molecule has 0 saturated carbocycles. The molecule has 3 aromatic rings. The Labute approximate surface area is 176 Å². The first-order valence-electron chi connectivity index (χ1n) is 9.64. The minimum absolute atomic E-state index is 0.0936. The molecule has 0 spiro atoms. The maximum atomic E-state index is 12.7. The quantitative estimate of drug-likeness (QED) is 0.650. The van der Waals surface area contributed by atoms with Gasteiger partial charge in [-0.2, -0.15) is 0 Å². The second-order valence-electron chi connectivity index (χ2n) is 7.20. The van der Waals surface area contributed by atoms with Crippen molar-refractivity contribution in [2.75, 3.05) is 11.3 Å². The Balaban J connectivity index is 1.47. The van der Waals surface area contributed by atoms with Crippen LogP contribution in [0, 0.1) is 6.92 Å². The Morgan fingerprint density at radius 2 is 1.67 bits per heavy atom. The summed E-state index contributed by atoms with van der Waals surface area (Å²) in [6, 6.07) is 20.5. The highest BCUT2D eigenvalue weighted by molar-refractivity contribution is 7.92. The second kappa shape index (κ2) is 8.20. The van der Waals surface area contributed by atoms with Gasteiger partial charge in [-0.25, -0.2) is 8.42 Å². The maximum absolute atomic E-state index is 12.7. The Hall–Kier alpha value is -3.32. The summed E-state index contributed by atoms with van der Waals surface area (Å²) >= 11 is 0. The number of sulfonamides is 1. The molecule has 0 fully saturated rings. The van der Waals surface area contributed by atoms with Gasteiger partial charge in [0.15, 0.2) is 0 Å². The van der Waals surface area contributed by atoms with E-state index in [0.717, 1.165) is 16.9 Å². The van der Waals surface area contributed by atoms with Gasteiger partial charge in [-0.1, -0.05) is 35.9 Å². The molecule has 0 saturated heterocycles. The summed E-state index contributed by atoms with van der Waals surface area (Å²) in [6.45, 7) is 2.46. The summed E-state index contributed by atoms with van der Waals surface area (Å²) in [5.41, 5.74) is 2.87. The number of amides is 1. The van der Waals surface area contributed by atoms with Gasteiger partial charge >= 0.3 is 0 Å². The van der Waals surface area contributed by atoms with Crippen molar-refractivity contribution in [2.45, 2.75) is 24.3 Å². The molecular formula is C23H22N2O4S. The number of fused-ring (bicyclic) bond motifs is 1. The van der Waals surface area contributed by atoms with E-state index < -0.39 is 10.0 Å². The van der Waals surface area contributed by atoms with E-state index >= 15 is 0 Å². The normalized spacial score (nSPS) is 15.6. The van der Waals surface area contributed by atoms with Crippen molar-refractivity contribution in [3.63, 3.8) is 0 Å². The van der Waals surface area contributed by atoms with Crippen LogP contribution in [0.25, 0.3) is 0 Å². The number of benzene rings is 3. The standard InChI is InChI=1S/C23H22N2O4S/c1-16-6-10-18(11-7-16)25-30(27,28)19-12-8-17(9-13-19)23(26)24-21-14-15-29-22-5-3-2-4-20(21)22/h2-13,21,25H,14-15H2,1H3,(H,24,26). The van der Waals surface area contributed by atoms with Crippen LogP contribution in [0.5, 0.6) is 5.75 Å². The van der Waals surface area contributed by atoms with Gasteiger partial charge in [0.05, 0.1) is 17.5 Å². The number of hydrogen-bond donors (Lipinski definition) is 2. The van der Waals surface area contributed by atoms with Crippen molar-refractivity contribution in [2.24, 2.45) is 0 Å². The molecule has 2 N–H and O–H groups in total. The van der Waals surface area contributed by atoms with Gasteiger partial charge in [-0.15, -0.1) is 0 Å². The lowest BCUT2D eigenvalue weighted by molar-refractivity contribution is 0.0924. The maximum Gasteiger partial charge on any atom is 0.261 e. The molecule has 1 atom stereocenters. The zero-order valence-electron chi connectivity index (χ0n) is 16.5. The van der Waals surface area contributed by atoms with Crippen LogP contribution in [-0.4, -0.2) is 20.9 Å². The fourth-order valence-electron chi connectivity index (χ4n) is 3.35. The SMILES string of the molecule is Cc1ccc(NS(=O)(=O)c2ccc(C(=O)NC3CCOc4ccccc43)cc2)cc1. The molecule has 30 heavy (non-hydrogen) atoms. The zero-order chi connectivity index (χ0) is 21.1. The van der Waals surface area contributed by atoms with Crippen LogP contribution in [0.2, 0.25) is 0 Å². The highest BCUT2D eigenvalue weighted by Gasteiger charge is 2.23. The largest absolute Gasteiger partial charge is 0.493 e. The average Bonchev–Trinajstić information content (AvgIpc) is 2.75. The zero-order valence-corrected chi connectivity index (χ0v) is 17.3. The number of aryl methyl sites for hydroxylation is 1. The van der Waals surface area contributed by atoms with Crippen molar-refractivity contribution in [3.8, 4) is 5.75 Å². The van der Waals surface area contributed by atoms with E-state index in [1.54, 1.807) is 12.1 Å². The van der Waals surface area contributed by atoms with E-state index in [2.05, 4.69) is 10.0 Å². The fourth-order valence-corrected chi connectivity index (χ4v) is 4.41. The summed E-state index contributed by atoms with van der Waals surface area (Å²) in [7, 11) is -3.73. The third-order valence-corrected chi connectivity index (χ3v) is 6.39. The first-order valence-corrected chi connectivity index (χ1v) is 11.1. The average molecular weight is 423 g/mol. The molecule has 0 radical (unpaired) electrons. The molecule has 1 unspecified atom stereocenters. The van der Waals surface area contributed by atoms with Crippen molar-refractivity contribution < 1.29 is 17.9 Å². The first kappa shape index (κ1) is 20.0. The van der Waals surface area contributed by atoms with Crippen LogP contribution in [0.3, 0.4) is 0 Å². The number of para-hydroxylation sites is 1. The van der Waals surface area contributed by atoms with Crippen molar-refractivity contribution >= 4 is 21.6 Å². The molecule has 0 aliphatic carbocycles. The molecule has 1 heterocycles. The fraction of sp³-hybridized carbons (Fsp3) is 0.174. The van der Waals surface area contributed by atoms with Crippen LogP contribution < -0.4 is 14.8 Å². The molecule has 7 heteroatoms. The topological polar surface area (TPSA) is 84.5 Å². The van der Waals surface area contributed by atoms with E-state index in [1.165, 1.54) is 24.3 Å². The molecule has 6 nitrogen and oxygen atoms in total. The summed E-state index contributed by atoms with van der Waals surface area (Å²) in [6.07, 6.45) is 0.676. The number of carbonyl (C=O) groups is 1. The Morgan fingerprint density at radius 3 is 2.40 bits per heavy atom. The lowest BCUT2D eigenvalue weighted by atomic mass is 10.00. The number of hydrogen-bond acceptors (Lipinski definition) is 4. The van der Waals surface area contributed by atoms with Crippen molar-refractivity contribution in [3.05, 3.63) is 89.5 Å². The third-order valence-electron chi connectivity index (χ3n) is 4.99. The Morgan fingerprint density at radius 1 is 0.967 bits per heavy atom. The minimum Gasteiger partial charge on any atom is -0.493 e. The highest BCUT2D eigenvalue weighted by Crippen LogP contribution is 2.31. The van der Waals surface area contributed by atoms with Gasteiger partial charge in [-0.05, 0) is 49.4 Å². The van der Waals surface area contributed by atoms with Crippen molar-refractivity contribution in [1.82, 2.24) is 5.32 Å². The predicted octanol–water partition coefficient (Wildman–Crippen LogP) is 4.05. The molecular weight excluding hydrogens is 400 g/mol. The van der Waals surface area contributed by atoms with E-state index in [0.29, 0.717) is 24.3 Å². The summed E-state index contributed by atoms with van der Waals surface area (Å²) in [4.78, 5) is 12.8. The molecule has 0 bridgehead atoms. The summed E-state index contributed by atoms with van der Waals surface area (Å²) in [5, 5.41) is 3.01. The molecule has 1 amide bonds. The first-order chi connectivity index (χ1) is 14.4. The van der Waals surface area contributed by atoms with E-state index in [4.69, 9.17) is 4.74 Å². The lowest BCUT2D eigenvalue weighted by Crippen LogP contribution is -2.32. The van der Waals surface area contributed by atoms with Crippen LogP contribution in [0.1, 0.15) is 33.9 Å². The van der Waals surface area contributed by atoms with Gasteiger partial charge in [-0.3, -0.25) is 9.52 Å². The Kier molecular flexibility index (Phi) is 5.46. The summed E-state index contributed by atoms with van der Waals surface area (Å²) in [5.74, 6) is 0.518. The smallest absolute Gasteiger partial charge is 0.261 e. The van der Waals surface area contributed by atoms with Gasteiger partial charge in [0, 0.05) is 23.2 Å². The number of anilines is 1. The van der Waals surface area contributed by atoms with Crippen LogP contribution in [-0.2, 0) is 10.0 Å². The molecule has 1 aliphatic rings. The molecule has 1 aliphatic heterocycles. The van der Waals surface area contributed by atoms with E-state index in [-0.39, 0.29) is 16.8 Å². The van der Waals surface area contributed by atoms with Gasteiger partial charge < -0.3 is 10.1 Å². The van der Waals surface area contributed by atoms with E-state index in [9.17, 15) is 13.2 Å². The Bertz CT molecular complexity index is 1160. The van der Waals surface area contributed by atoms with Crippen LogP contribution in [0.15, 0.2) is 77.7 Å². The molecule has 3 aromatic carbocycles. The monoisotopic (exact) mass is 422 g/mol. The number of nitrogens with one attached hydrogen (secondary N) is 2. The van der Waals surface area contributed by atoms with Gasteiger partial charge in [0.2, 0.25) is 0 Å². The third kappa shape index (κ3) is 4.31.